The lowest BCUT2D eigenvalue weighted by Crippen LogP contribution is -2.61. The van der Waals surface area contributed by atoms with Gasteiger partial charge in [-0.15, -0.1) is 5.10 Å². The summed E-state index contributed by atoms with van der Waals surface area (Å²) in [7, 11) is 4.64. The monoisotopic (exact) mass is 1110 g/mol. The first-order valence-corrected chi connectivity index (χ1v) is 29.1. The lowest BCUT2D eigenvalue weighted by atomic mass is 9.78. The van der Waals surface area contributed by atoms with Crippen LogP contribution in [0.15, 0.2) is 53.8 Å². The van der Waals surface area contributed by atoms with Crippen LogP contribution < -0.4 is 0 Å². The molecule has 6 rings (SSSR count). The summed E-state index contributed by atoms with van der Waals surface area (Å²) in [4.78, 5) is 75.3. The highest BCUT2D eigenvalue weighted by molar-refractivity contribution is 6.39. The van der Waals surface area contributed by atoms with Crippen molar-refractivity contribution >= 4 is 29.2 Å². The molecule has 15 atom stereocenters. The van der Waals surface area contributed by atoms with Gasteiger partial charge in [0.05, 0.1) is 57.0 Å². The molecule has 0 radical (unpaired) electrons. The standard InChI is InChI=1S/C60H93N5O14/c1-38-16-12-11-13-17-39(2)51(73-8)34-47-21-19-44(7)60(72,79-47)57(69)58(70)65-23-15-14-18-48(65)59(71)78-52(35-49(66)40(3)31-43(6)55(68)56(75-10)54(67)42(5)30-38)41(4)32-45-20-22-50(53(33-45)74-9)77-37-46-36-64(62-61-46)25-24-63-26-28-76-29-27-63/h11-13,16-17,31,36,38,40-42,44-45,47-48,50-53,55-56,68,72H,14-15,18-30,32-35,37H2,1-10H3/b13-11?,16-12+,39-17?,43-31+/t38-,40-,41-,42-,44-,45+,47+,48+,50-,51+,52+,53-,55-,56+,60-/m1/s1. The molecule has 2 bridgehead atoms. The van der Waals surface area contributed by atoms with Crippen molar-refractivity contribution in [3.05, 3.63) is 59.5 Å². The number of cyclic esters (lactones) is 1. The van der Waals surface area contributed by atoms with E-state index in [1.54, 1.807) is 41.1 Å². The van der Waals surface area contributed by atoms with Crippen molar-refractivity contribution in [1.29, 1.82) is 0 Å². The van der Waals surface area contributed by atoms with Crippen LogP contribution in [0, 0.1) is 35.5 Å². The van der Waals surface area contributed by atoms with Crippen LogP contribution in [0.25, 0.3) is 0 Å². The number of ketones is 3. The van der Waals surface area contributed by atoms with Crippen LogP contribution in [0.1, 0.15) is 131 Å². The number of methoxy groups -OCH3 is 3. The number of carbonyl (C=O) groups excluding carboxylic acids is 5. The quantitative estimate of drug-likeness (QED) is 0.132. The second kappa shape index (κ2) is 30.7. The number of nitrogens with zero attached hydrogens (tertiary/aromatic N) is 5. The zero-order chi connectivity index (χ0) is 57.4. The van der Waals surface area contributed by atoms with Crippen molar-refractivity contribution in [1.82, 2.24) is 24.8 Å². The van der Waals surface area contributed by atoms with Crippen LogP contribution in [0.3, 0.4) is 0 Å². The number of Topliss-reactive ketones (excluding diaryl/α,β-unsaturated/α-hetero) is 3. The molecule has 19 nitrogen and oxygen atoms in total. The molecule has 4 fully saturated rings. The number of rotatable bonds is 12. The third-order valence-electron chi connectivity index (χ3n) is 17.2. The average Bonchev–Trinajstić information content (AvgIpc) is 3.94. The number of fused-ring (bicyclic) bond motifs is 3. The molecular weight excluding hydrogens is 1010 g/mol. The third kappa shape index (κ3) is 17.6. The number of aromatic nitrogens is 3. The maximum absolute atomic E-state index is 14.7. The molecule has 1 aliphatic carbocycles. The van der Waals surface area contributed by atoms with Gasteiger partial charge in [-0.25, -0.2) is 4.79 Å². The van der Waals surface area contributed by atoms with Gasteiger partial charge in [0.25, 0.3) is 11.7 Å². The minimum atomic E-state index is -2.44. The zero-order valence-electron chi connectivity index (χ0n) is 48.8. The molecule has 19 heteroatoms. The van der Waals surface area contributed by atoms with E-state index in [2.05, 4.69) is 15.2 Å². The van der Waals surface area contributed by atoms with Crippen LogP contribution >= 0.6 is 0 Å². The second-order valence-electron chi connectivity index (χ2n) is 23.3. The van der Waals surface area contributed by atoms with Crippen molar-refractivity contribution in [2.24, 2.45) is 35.5 Å². The number of hydrogen-bond acceptors (Lipinski definition) is 17. The van der Waals surface area contributed by atoms with E-state index >= 15 is 0 Å². The third-order valence-corrected chi connectivity index (χ3v) is 17.2. The number of aliphatic hydroxyl groups excluding tert-OH is 1. The van der Waals surface area contributed by atoms with E-state index in [4.69, 9.17) is 33.2 Å². The van der Waals surface area contributed by atoms with Gasteiger partial charge in [-0.3, -0.25) is 28.8 Å². The van der Waals surface area contributed by atoms with Gasteiger partial charge in [0, 0.05) is 78.1 Å². The van der Waals surface area contributed by atoms with Gasteiger partial charge in [-0.1, -0.05) is 76.3 Å². The minimum Gasteiger partial charge on any atom is -0.460 e. The molecule has 5 aliphatic rings. The lowest BCUT2D eigenvalue weighted by molar-refractivity contribution is -0.265. The smallest absolute Gasteiger partial charge is 0.329 e. The number of esters is 1. The number of aliphatic hydroxyl groups is 2. The molecule has 1 aromatic rings. The number of ether oxygens (including phenoxy) is 7. The fourth-order valence-corrected chi connectivity index (χ4v) is 12.1. The molecule has 79 heavy (non-hydrogen) atoms. The zero-order valence-corrected chi connectivity index (χ0v) is 48.8. The fourth-order valence-electron chi connectivity index (χ4n) is 12.1. The Morgan fingerprint density at radius 2 is 1.59 bits per heavy atom. The summed E-state index contributed by atoms with van der Waals surface area (Å²) < 4.78 is 43.8. The molecule has 442 valence electrons. The van der Waals surface area contributed by atoms with Crippen LogP contribution in [0.2, 0.25) is 0 Å². The lowest BCUT2D eigenvalue weighted by Gasteiger charge is -2.42. The summed E-state index contributed by atoms with van der Waals surface area (Å²) in [5, 5.41) is 32.3. The topological polar surface area (TPSA) is 228 Å². The minimum absolute atomic E-state index is 0.0108. The summed E-state index contributed by atoms with van der Waals surface area (Å²) in [6.45, 7) is 18.0. The van der Waals surface area contributed by atoms with E-state index in [1.807, 2.05) is 69.0 Å². The molecule has 2 N–H and O–H groups in total. The van der Waals surface area contributed by atoms with E-state index < -0.39 is 77.8 Å². The van der Waals surface area contributed by atoms with Crippen molar-refractivity contribution in [3.8, 4) is 0 Å². The first-order valence-electron chi connectivity index (χ1n) is 29.1. The Balaban J connectivity index is 1.22. The van der Waals surface area contributed by atoms with Gasteiger partial charge < -0.3 is 48.3 Å². The maximum atomic E-state index is 14.7. The van der Waals surface area contributed by atoms with Crippen molar-refractivity contribution in [3.63, 3.8) is 0 Å². The fraction of sp³-hybridized carbons (Fsp3) is 0.750. The average molecular weight is 1110 g/mol. The van der Waals surface area contributed by atoms with Crippen LogP contribution in [-0.2, 0) is 70.3 Å². The van der Waals surface area contributed by atoms with E-state index in [-0.39, 0.29) is 67.5 Å². The molecule has 4 aliphatic heterocycles. The Morgan fingerprint density at radius 1 is 0.835 bits per heavy atom. The summed E-state index contributed by atoms with van der Waals surface area (Å²) in [5.74, 6) is -8.01. The van der Waals surface area contributed by atoms with Crippen LogP contribution in [0.4, 0.5) is 0 Å². The molecule has 0 spiro atoms. The predicted molar refractivity (Wildman–Crippen MR) is 295 cm³/mol. The highest BCUT2D eigenvalue weighted by Crippen LogP contribution is 2.38. The Bertz CT molecular complexity index is 2290. The number of hydrogen-bond donors (Lipinski definition) is 2. The number of morpholine rings is 1. The highest BCUT2D eigenvalue weighted by Gasteiger charge is 2.53. The first-order chi connectivity index (χ1) is 37.8. The maximum Gasteiger partial charge on any atom is 0.329 e. The van der Waals surface area contributed by atoms with Crippen molar-refractivity contribution in [2.45, 2.75) is 193 Å². The molecular formula is C60H93N5O14. The van der Waals surface area contributed by atoms with Gasteiger partial charge in [0.15, 0.2) is 5.78 Å². The number of piperidine rings is 1. The molecule has 0 aromatic carbocycles. The van der Waals surface area contributed by atoms with E-state index in [0.717, 1.165) is 57.1 Å². The molecule has 1 amide bonds. The van der Waals surface area contributed by atoms with Gasteiger partial charge in [0.2, 0.25) is 5.79 Å². The van der Waals surface area contributed by atoms with Gasteiger partial charge >= 0.3 is 5.97 Å². The van der Waals surface area contributed by atoms with Crippen molar-refractivity contribution < 1.29 is 67.3 Å². The summed E-state index contributed by atoms with van der Waals surface area (Å²) in [6.07, 6.45) is 13.9. The Kier molecular flexibility index (Phi) is 24.8. The molecule has 1 aromatic heterocycles. The Labute approximate surface area is 468 Å². The summed E-state index contributed by atoms with van der Waals surface area (Å²) >= 11 is 0. The Hall–Kier alpha value is -4.31. The molecule has 5 heterocycles. The normalized spacial score (nSPS) is 35.7. The van der Waals surface area contributed by atoms with Gasteiger partial charge in [-0.05, 0) is 107 Å². The van der Waals surface area contributed by atoms with E-state index in [9.17, 15) is 34.2 Å². The highest BCUT2D eigenvalue weighted by atomic mass is 16.6. The number of allylic oxidation sites excluding steroid dienone is 6. The molecule has 0 unspecified atom stereocenters. The van der Waals surface area contributed by atoms with E-state index in [0.29, 0.717) is 63.4 Å². The molecule has 1 saturated carbocycles. The SMILES string of the molecule is CO[C@H]1C[C@@H]2CC[C@@H](C)[C@@](O)(O2)C(=O)C(=O)N2CCCC[C@H]2C(=O)O[C@H]([C@H](C)C[C@@H]2CC[C@@H](OCc3cn(CCN4CCOCC4)nn3)[C@H](OC)C2)CC(=O)[C@H](C)/C=C(\C)[C@@H](O)[C@@H](OC)C(=O)[C@H](C)C[C@H](C)/C=C/C=CC=C1C. The Morgan fingerprint density at radius 3 is 2.32 bits per heavy atom. The predicted octanol–water partition coefficient (Wildman–Crippen LogP) is 6.33. The first kappa shape index (κ1) is 63.9. The number of carbonyl (C=O) groups is 5. The van der Waals surface area contributed by atoms with Gasteiger partial charge in [0.1, 0.15) is 35.8 Å². The van der Waals surface area contributed by atoms with Crippen molar-refractivity contribution in [2.75, 3.05) is 60.7 Å². The summed E-state index contributed by atoms with van der Waals surface area (Å²) in [5.41, 5.74) is 2.00. The largest absolute Gasteiger partial charge is 0.460 e. The van der Waals surface area contributed by atoms with E-state index in [1.165, 1.54) is 12.0 Å². The van der Waals surface area contributed by atoms with Crippen LogP contribution in [0.5, 0.6) is 0 Å². The van der Waals surface area contributed by atoms with Crippen LogP contribution in [-0.4, -0.2) is 180 Å². The number of amides is 1. The molecule has 3 saturated heterocycles. The summed E-state index contributed by atoms with van der Waals surface area (Å²) in [6, 6.07) is -1.15. The van der Waals surface area contributed by atoms with Gasteiger partial charge in [-0.2, -0.15) is 0 Å². The second-order valence-corrected chi connectivity index (χ2v) is 23.3.